The Labute approximate surface area is 138 Å². The van der Waals surface area contributed by atoms with Crippen LogP contribution in [0.4, 0.5) is 18.9 Å². The van der Waals surface area contributed by atoms with Crippen LogP contribution in [-0.4, -0.2) is 20.6 Å². The molecule has 24 heavy (non-hydrogen) atoms. The third-order valence-corrected chi connectivity index (χ3v) is 5.94. The number of anilines is 1. The van der Waals surface area contributed by atoms with Crippen LogP contribution in [0, 0.1) is 6.92 Å². The van der Waals surface area contributed by atoms with E-state index in [4.69, 9.17) is 0 Å². The van der Waals surface area contributed by atoms with Crippen molar-refractivity contribution in [2.75, 3.05) is 4.31 Å². The highest BCUT2D eigenvalue weighted by atomic mass is 32.2. The highest BCUT2D eigenvalue weighted by Crippen LogP contribution is 2.40. The number of hydrogen-bond acceptors (Lipinski definition) is 2. The molecular formula is C17H16F3NO2S. The molecule has 0 saturated heterocycles. The molecule has 0 aliphatic carbocycles. The van der Waals surface area contributed by atoms with Crippen LogP contribution in [0.1, 0.15) is 17.5 Å². The predicted octanol–water partition coefficient (Wildman–Crippen LogP) is 4.07. The van der Waals surface area contributed by atoms with Crippen LogP contribution >= 0.6 is 0 Å². The first-order valence-electron chi connectivity index (χ1n) is 7.44. The molecule has 2 aromatic rings. The molecule has 1 atom stereocenters. The number of alkyl halides is 3. The molecule has 0 saturated carbocycles. The summed E-state index contributed by atoms with van der Waals surface area (Å²) in [7, 11) is -4.06. The van der Waals surface area contributed by atoms with E-state index in [2.05, 4.69) is 0 Å². The van der Waals surface area contributed by atoms with Crippen LogP contribution in [0.25, 0.3) is 0 Å². The summed E-state index contributed by atoms with van der Waals surface area (Å²) in [4.78, 5) is -0.00280. The third kappa shape index (κ3) is 3.13. The van der Waals surface area contributed by atoms with Crippen molar-refractivity contribution in [3.63, 3.8) is 0 Å². The van der Waals surface area contributed by atoms with Crippen molar-refractivity contribution >= 4 is 15.7 Å². The van der Waals surface area contributed by atoms with Gasteiger partial charge in [0.1, 0.15) is 0 Å². The summed E-state index contributed by atoms with van der Waals surface area (Å²) >= 11 is 0. The number of hydrogen-bond donors (Lipinski definition) is 0. The summed E-state index contributed by atoms with van der Waals surface area (Å²) < 4.78 is 65.6. The Morgan fingerprint density at radius 2 is 1.71 bits per heavy atom. The number of benzene rings is 2. The predicted molar refractivity (Wildman–Crippen MR) is 85.4 cm³/mol. The van der Waals surface area contributed by atoms with Gasteiger partial charge in [-0.15, -0.1) is 0 Å². The van der Waals surface area contributed by atoms with Gasteiger partial charge in [-0.25, -0.2) is 8.42 Å². The summed E-state index contributed by atoms with van der Waals surface area (Å²) in [5.74, 6) is 0. The zero-order valence-electron chi connectivity index (χ0n) is 12.9. The van der Waals surface area contributed by atoms with Crippen molar-refractivity contribution in [3.8, 4) is 0 Å². The molecule has 7 heteroatoms. The van der Waals surface area contributed by atoms with Gasteiger partial charge in [-0.05, 0) is 37.1 Å². The summed E-state index contributed by atoms with van der Waals surface area (Å²) in [6.45, 7) is 1.81. The van der Waals surface area contributed by atoms with E-state index in [1.165, 1.54) is 12.1 Å². The van der Waals surface area contributed by atoms with E-state index in [-0.39, 0.29) is 11.3 Å². The van der Waals surface area contributed by atoms with Crippen molar-refractivity contribution in [2.45, 2.75) is 36.9 Å². The zero-order valence-corrected chi connectivity index (χ0v) is 13.7. The minimum Gasteiger partial charge on any atom is -0.262 e. The van der Waals surface area contributed by atoms with Gasteiger partial charge in [-0.3, -0.25) is 4.31 Å². The molecule has 1 heterocycles. The molecule has 0 aromatic heterocycles. The van der Waals surface area contributed by atoms with Gasteiger partial charge in [0.15, 0.2) is 0 Å². The maximum atomic E-state index is 13.0. The fourth-order valence-corrected chi connectivity index (χ4v) is 4.69. The van der Waals surface area contributed by atoms with Gasteiger partial charge >= 0.3 is 6.18 Å². The number of para-hydroxylation sites is 1. The summed E-state index contributed by atoms with van der Waals surface area (Å²) in [5, 5.41) is 0. The Kier molecular flexibility index (Phi) is 4.07. The number of rotatable bonds is 3. The molecule has 1 unspecified atom stereocenters. The second-order valence-electron chi connectivity index (χ2n) is 5.92. The van der Waals surface area contributed by atoms with Crippen LogP contribution in [0.15, 0.2) is 53.4 Å². The maximum Gasteiger partial charge on any atom is 0.391 e. The van der Waals surface area contributed by atoms with E-state index in [0.717, 1.165) is 9.87 Å². The number of halogens is 3. The summed E-state index contributed by atoms with van der Waals surface area (Å²) in [6.07, 6.45) is -5.55. The first-order chi connectivity index (χ1) is 11.2. The molecule has 0 bridgehead atoms. The molecule has 3 nitrogen and oxygen atoms in total. The average Bonchev–Trinajstić information content (AvgIpc) is 2.83. The fourth-order valence-electron chi connectivity index (χ4n) is 3.00. The van der Waals surface area contributed by atoms with Crippen molar-refractivity contribution in [3.05, 3.63) is 59.7 Å². The van der Waals surface area contributed by atoms with Gasteiger partial charge < -0.3 is 0 Å². The Hall–Kier alpha value is -2.02. The Balaban J connectivity index is 2.08. The van der Waals surface area contributed by atoms with Gasteiger partial charge in [0.2, 0.25) is 0 Å². The maximum absolute atomic E-state index is 13.0. The zero-order chi connectivity index (χ0) is 17.5. The van der Waals surface area contributed by atoms with Crippen LogP contribution < -0.4 is 4.31 Å². The third-order valence-electron chi connectivity index (χ3n) is 4.06. The lowest BCUT2D eigenvalue weighted by atomic mass is 10.1. The Bertz CT molecular complexity index is 845. The minimum absolute atomic E-state index is 0.00280. The van der Waals surface area contributed by atoms with Gasteiger partial charge in [0.05, 0.1) is 23.0 Å². The van der Waals surface area contributed by atoms with E-state index in [1.807, 2.05) is 6.92 Å². The normalized spacial score (nSPS) is 17.8. The second-order valence-corrected chi connectivity index (χ2v) is 7.73. The van der Waals surface area contributed by atoms with Crippen LogP contribution in [-0.2, 0) is 16.4 Å². The minimum atomic E-state index is -4.44. The monoisotopic (exact) mass is 355 g/mol. The first-order valence-corrected chi connectivity index (χ1v) is 8.88. The molecule has 0 spiro atoms. The molecule has 1 aliphatic rings. The Morgan fingerprint density at radius 1 is 1.08 bits per heavy atom. The lowest BCUT2D eigenvalue weighted by Gasteiger charge is -2.27. The van der Waals surface area contributed by atoms with E-state index < -0.39 is 28.7 Å². The van der Waals surface area contributed by atoms with Gasteiger partial charge in [0.25, 0.3) is 10.0 Å². The molecule has 128 valence electrons. The standard InChI is InChI=1S/C17H16F3NO2S/c1-12-6-8-15(9-7-12)24(22,23)21-14(11-17(18,19)20)10-13-4-2-3-5-16(13)21/h2-9,14H,10-11H2,1H3. The van der Waals surface area contributed by atoms with Crippen molar-refractivity contribution in [1.82, 2.24) is 0 Å². The Morgan fingerprint density at radius 3 is 2.33 bits per heavy atom. The van der Waals surface area contributed by atoms with Crippen molar-refractivity contribution < 1.29 is 21.6 Å². The lowest BCUT2D eigenvalue weighted by molar-refractivity contribution is -0.137. The van der Waals surface area contributed by atoms with Crippen molar-refractivity contribution in [1.29, 1.82) is 0 Å². The molecular weight excluding hydrogens is 339 g/mol. The number of nitrogens with zero attached hydrogens (tertiary/aromatic N) is 1. The highest BCUT2D eigenvalue weighted by molar-refractivity contribution is 7.92. The van der Waals surface area contributed by atoms with Gasteiger partial charge in [-0.1, -0.05) is 35.9 Å². The largest absolute Gasteiger partial charge is 0.391 e. The molecule has 0 radical (unpaired) electrons. The molecule has 0 N–H and O–H groups in total. The van der Waals surface area contributed by atoms with Crippen LogP contribution in [0.2, 0.25) is 0 Å². The molecule has 1 aliphatic heterocycles. The number of aryl methyl sites for hydroxylation is 1. The van der Waals surface area contributed by atoms with Crippen molar-refractivity contribution in [2.24, 2.45) is 0 Å². The van der Waals surface area contributed by atoms with Gasteiger partial charge in [0, 0.05) is 0 Å². The van der Waals surface area contributed by atoms with E-state index in [0.29, 0.717) is 11.3 Å². The molecule has 0 fully saturated rings. The topological polar surface area (TPSA) is 37.4 Å². The number of sulfonamides is 1. The quantitative estimate of drug-likeness (QED) is 0.832. The summed E-state index contributed by atoms with van der Waals surface area (Å²) in [5.41, 5.74) is 1.82. The average molecular weight is 355 g/mol. The number of fused-ring (bicyclic) bond motifs is 1. The smallest absolute Gasteiger partial charge is 0.262 e. The van der Waals surface area contributed by atoms with E-state index >= 15 is 0 Å². The molecule has 3 rings (SSSR count). The van der Waals surface area contributed by atoms with Crippen LogP contribution in [0.3, 0.4) is 0 Å². The molecule has 0 amide bonds. The van der Waals surface area contributed by atoms with Gasteiger partial charge in [-0.2, -0.15) is 13.2 Å². The first kappa shape index (κ1) is 16.8. The lowest BCUT2D eigenvalue weighted by Crippen LogP contribution is -2.40. The highest BCUT2D eigenvalue weighted by Gasteiger charge is 2.43. The second kappa shape index (κ2) is 5.81. The SMILES string of the molecule is Cc1ccc(S(=O)(=O)N2c3ccccc3CC2CC(F)(F)F)cc1. The molecule has 2 aromatic carbocycles. The fraction of sp³-hybridized carbons (Fsp3) is 0.294. The summed E-state index contributed by atoms with van der Waals surface area (Å²) in [6, 6.07) is 11.5. The van der Waals surface area contributed by atoms with E-state index in [1.54, 1.807) is 36.4 Å². The van der Waals surface area contributed by atoms with E-state index in [9.17, 15) is 21.6 Å². The van der Waals surface area contributed by atoms with Crippen LogP contribution in [0.5, 0.6) is 0 Å².